The van der Waals surface area contributed by atoms with Gasteiger partial charge in [0.2, 0.25) is 0 Å². The summed E-state index contributed by atoms with van der Waals surface area (Å²) in [6.45, 7) is 2.24. The molecule has 0 atom stereocenters. The van der Waals surface area contributed by atoms with Crippen LogP contribution in [-0.2, 0) is 6.54 Å². The number of alkyl halides is 2. The Morgan fingerprint density at radius 1 is 1.70 bits per heavy atom. The molecule has 0 amide bonds. The molecule has 10 heavy (non-hydrogen) atoms. The molecule has 0 saturated heterocycles. The summed E-state index contributed by atoms with van der Waals surface area (Å²) < 4.78 is 25.2. The van der Waals surface area contributed by atoms with Gasteiger partial charge in [-0.15, -0.1) is 10.2 Å². The number of aromatic nitrogens is 3. The fraction of sp³-hybridized carbons (Fsp3) is 0.600. The van der Waals surface area contributed by atoms with E-state index in [-0.39, 0.29) is 5.82 Å². The first kappa shape index (κ1) is 7.11. The van der Waals surface area contributed by atoms with Crippen molar-refractivity contribution in [1.82, 2.24) is 14.8 Å². The van der Waals surface area contributed by atoms with Crippen molar-refractivity contribution in [2.75, 3.05) is 0 Å². The maximum atomic E-state index is 11.9. The van der Waals surface area contributed by atoms with E-state index in [9.17, 15) is 8.78 Å². The monoisotopic (exact) mass is 147 g/mol. The Morgan fingerprint density at radius 2 is 2.40 bits per heavy atom. The molecule has 1 heterocycles. The van der Waals surface area contributed by atoms with Gasteiger partial charge in [-0.1, -0.05) is 0 Å². The predicted octanol–water partition coefficient (Wildman–Crippen LogP) is 1.24. The lowest BCUT2D eigenvalue weighted by atomic mass is 10.6. The largest absolute Gasteiger partial charge is 0.313 e. The quantitative estimate of drug-likeness (QED) is 0.630. The predicted molar refractivity (Wildman–Crippen MR) is 30.7 cm³/mol. The number of hydrogen-bond donors (Lipinski definition) is 0. The van der Waals surface area contributed by atoms with Crippen molar-refractivity contribution in [3.63, 3.8) is 0 Å². The van der Waals surface area contributed by atoms with Gasteiger partial charge in [0.1, 0.15) is 6.33 Å². The highest BCUT2D eigenvalue weighted by Gasteiger charge is 2.13. The summed E-state index contributed by atoms with van der Waals surface area (Å²) in [4.78, 5) is 0. The number of hydrogen-bond acceptors (Lipinski definition) is 2. The third-order valence-corrected chi connectivity index (χ3v) is 1.18. The SMILES string of the molecule is CCn1cnnc1C(F)F. The Balaban J connectivity index is 2.90. The molecule has 0 aliphatic heterocycles. The summed E-state index contributed by atoms with van der Waals surface area (Å²) in [7, 11) is 0. The highest BCUT2D eigenvalue weighted by atomic mass is 19.3. The van der Waals surface area contributed by atoms with Gasteiger partial charge in [-0.05, 0) is 6.92 Å². The Bertz CT molecular complexity index is 208. The topological polar surface area (TPSA) is 30.7 Å². The van der Waals surface area contributed by atoms with Crippen molar-refractivity contribution in [1.29, 1.82) is 0 Å². The second kappa shape index (κ2) is 2.72. The van der Waals surface area contributed by atoms with E-state index in [2.05, 4.69) is 10.2 Å². The minimum atomic E-state index is -2.53. The van der Waals surface area contributed by atoms with Gasteiger partial charge in [0, 0.05) is 6.54 Å². The number of rotatable bonds is 2. The average molecular weight is 147 g/mol. The van der Waals surface area contributed by atoms with Gasteiger partial charge < -0.3 is 4.57 Å². The molecule has 0 radical (unpaired) electrons. The number of nitrogens with zero attached hydrogens (tertiary/aromatic N) is 3. The fourth-order valence-corrected chi connectivity index (χ4v) is 0.677. The molecule has 0 fully saturated rings. The molecule has 0 aliphatic rings. The van der Waals surface area contributed by atoms with Gasteiger partial charge in [0.15, 0.2) is 5.82 Å². The molecule has 1 rings (SSSR count). The van der Waals surface area contributed by atoms with Crippen LogP contribution in [0.25, 0.3) is 0 Å². The third kappa shape index (κ3) is 1.12. The lowest BCUT2D eigenvalue weighted by Gasteiger charge is -1.99. The van der Waals surface area contributed by atoms with E-state index in [1.54, 1.807) is 6.92 Å². The highest BCUT2D eigenvalue weighted by molar-refractivity contribution is 4.85. The Kier molecular flexibility index (Phi) is 1.94. The molecular formula is C5H7F2N3. The normalized spacial score (nSPS) is 10.8. The number of halogens is 2. The second-order valence-electron chi connectivity index (χ2n) is 1.78. The van der Waals surface area contributed by atoms with E-state index in [0.717, 1.165) is 0 Å². The van der Waals surface area contributed by atoms with Crippen LogP contribution >= 0.6 is 0 Å². The molecule has 0 N–H and O–H groups in total. The van der Waals surface area contributed by atoms with E-state index in [1.807, 2.05) is 0 Å². The van der Waals surface area contributed by atoms with E-state index in [0.29, 0.717) is 6.54 Å². The molecule has 56 valence electrons. The molecule has 0 aliphatic carbocycles. The third-order valence-electron chi connectivity index (χ3n) is 1.18. The van der Waals surface area contributed by atoms with Gasteiger partial charge in [0.05, 0.1) is 0 Å². The van der Waals surface area contributed by atoms with Crippen molar-refractivity contribution in [2.24, 2.45) is 0 Å². The zero-order valence-electron chi connectivity index (χ0n) is 5.46. The smallest absolute Gasteiger partial charge is 0.297 e. The molecule has 0 unspecified atom stereocenters. The first-order chi connectivity index (χ1) is 4.75. The summed E-state index contributed by atoms with van der Waals surface area (Å²) in [5.41, 5.74) is 0. The molecule has 1 aromatic heterocycles. The highest BCUT2D eigenvalue weighted by Crippen LogP contribution is 2.14. The summed E-state index contributed by atoms with van der Waals surface area (Å²) >= 11 is 0. The summed E-state index contributed by atoms with van der Waals surface area (Å²) in [6, 6.07) is 0. The Hall–Kier alpha value is -1.00. The molecule has 0 spiro atoms. The van der Waals surface area contributed by atoms with Crippen LogP contribution in [0, 0.1) is 0 Å². The number of aryl methyl sites for hydroxylation is 1. The van der Waals surface area contributed by atoms with Crippen molar-refractivity contribution in [3.05, 3.63) is 12.2 Å². The van der Waals surface area contributed by atoms with Crippen molar-refractivity contribution in [2.45, 2.75) is 19.9 Å². The molecule has 0 bridgehead atoms. The van der Waals surface area contributed by atoms with Crippen LogP contribution in [0.1, 0.15) is 19.2 Å². The van der Waals surface area contributed by atoms with E-state index >= 15 is 0 Å². The summed E-state index contributed by atoms with van der Waals surface area (Å²) in [6.07, 6.45) is -1.23. The summed E-state index contributed by atoms with van der Waals surface area (Å²) in [5.74, 6) is -0.262. The molecule has 0 aromatic carbocycles. The van der Waals surface area contributed by atoms with Crippen LogP contribution in [0.15, 0.2) is 6.33 Å². The van der Waals surface area contributed by atoms with Crippen molar-refractivity contribution < 1.29 is 8.78 Å². The van der Waals surface area contributed by atoms with Crippen molar-refractivity contribution in [3.8, 4) is 0 Å². The summed E-state index contributed by atoms with van der Waals surface area (Å²) in [5, 5.41) is 6.60. The minimum Gasteiger partial charge on any atom is -0.313 e. The van der Waals surface area contributed by atoms with Gasteiger partial charge in [0.25, 0.3) is 6.43 Å². The lowest BCUT2D eigenvalue weighted by molar-refractivity contribution is 0.135. The van der Waals surface area contributed by atoms with Crippen LogP contribution in [0.5, 0.6) is 0 Å². The minimum absolute atomic E-state index is 0.262. The van der Waals surface area contributed by atoms with E-state index in [4.69, 9.17) is 0 Å². The molecular weight excluding hydrogens is 140 g/mol. The van der Waals surface area contributed by atoms with Crippen LogP contribution in [-0.4, -0.2) is 14.8 Å². The van der Waals surface area contributed by atoms with Crippen LogP contribution in [0.4, 0.5) is 8.78 Å². The van der Waals surface area contributed by atoms with Crippen LogP contribution < -0.4 is 0 Å². The second-order valence-corrected chi connectivity index (χ2v) is 1.78. The fourth-order valence-electron chi connectivity index (χ4n) is 0.677. The molecule has 0 saturated carbocycles. The Morgan fingerprint density at radius 3 is 2.80 bits per heavy atom. The maximum Gasteiger partial charge on any atom is 0.297 e. The lowest BCUT2D eigenvalue weighted by Crippen LogP contribution is -2.00. The zero-order chi connectivity index (χ0) is 7.56. The van der Waals surface area contributed by atoms with Gasteiger partial charge in [-0.2, -0.15) is 0 Å². The van der Waals surface area contributed by atoms with E-state index in [1.165, 1.54) is 10.9 Å². The first-order valence-corrected chi connectivity index (χ1v) is 2.91. The first-order valence-electron chi connectivity index (χ1n) is 2.91. The van der Waals surface area contributed by atoms with E-state index < -0.39 is 6.43 Å². The average Bonchev–Trinajstić information content (AvgIpc) is 2.33. The maximum absolute atomic E-state index is 11.9. The van der Waals surface area contributed by atoms with Crippen LogP contribution in [0.3, 0.4) is 0 Å². The molecule has 1 aromatic rings. The van der Waals surface area contributed by atoms with Gasteiger partial charge >= 0.3 is 0 Å². The Labute approximate surface area is 56.7 Å². The zero-order valence-corrected chi connectivity index (χ0v) is 5.46. The molecule has 3 nitrogen and oxygen atoms in total. The van der Waals surface area contributed by atoms with Gasteiger partial charge in [-0.3, -0.25) is 0 Å². The standard InChI is InChI=1S/C5H7F2N3/c1-2-10-3-8-9-5(10)4(6)7/h3-4H,2H2,1H3. The van der Waals surface area contributed by atoms with Crippen molar-refractivity contribution >= 4 is 0 Å². The van der Waals surface area contributed by atoms with Gasteiger partial charge in [-0.25, -0.2) is 8.78 Å². The van der Waals surface area contributed by atoms with Crippen LogP contribution in [0.2, 0.25) is 0 Å². The molecule has 5 heteroatoms.